The van der Waals surface area contributed by atoms with Crippen molar-refractivity contribution in [3.63, 3.8) is 0 Å². The SMILES string of the molecule is CC1CNC2CCCC(C2)N1Cc1ccccc1. The first kappa shape index (κ1) is 12.2. The Morgan fingerprint density at radius 1 is 1.22 bits per heavy atom. The Kier molecular flexibility index (Phi) is 3.67. The van der Waals surface area contributed by atoms with Crippen LogP contribution in [0.15, 0.2) is 30.3 Å². The predicted octanol–water partition coefficient (Wildman–Crippen LogP) is 2.79. The fourth-order valence-electron chi connectivity index (χ4n) is 3.54. The largest absolute Gasteiger partial charge is 0.312 e. The lowest BCUT2D eigenvalue weighted by atomic mass is 9.90. The maximum atomic E-state index is 3.74. The van der Waals surface area contributed by atoms with E-state index in [0.717, 1.165) is 25.2 Å². The van der Waals surface area contributed by atoms with E-state index in [0.29, 0.717) is 6.04 Å². The lowest BCUT2D eigenvalue weighted by Gasteiger charge is -2.36. The molecule has 2 bridgehead atoms. The molecule has 3 atom stereocenters. The minimum absolute atomic E-state index is 0.651. The summed E-state index contributed by atoms with van der Waals surface area (Å²) in [4.78, 5) is 2.72. The highest BCUT2D eigenvalue weighted by atomic mass is 15.2. The van der Waals surface area contributed by atoms with Crippen LogP contribution in [0.25, 0.3) is 0 Å². The van der Waals surface area contributed by atoms with Crippen LogP contribution in [0.2, 0.25) is 0 Å². The maximum Gasteiger partial charge on any atom is 0.0240 e. The van der Waals surface area contributed by atoms with E-state index in [1.165, 1.54) is 31.2 Å². The number of nitrogens with zero attached hydrogens (tertiary/aromatic N) is 1. The quantitative estimate of drug-likeness (QED) is 0.860. The molecular weight excluding hydrogens is 220 g/mol. The van der Waals surface area contributed by atoms with Crippen molar-refractivity contribution in [1.29, 1.82) is 0 Å². The van der Waals surface area contributed by atoms with Crippen LogP contribution in [0.1, 0.15) is 38.2 Å². The molecule has 0 amide bonds. The van der Waals surface area contributed by atoms with Gasteiger partial charge in [-0.15, -0.1) is 0 Å². The summed E-state index contributed by atoms with van der Waals surface area (Å²) in [7, 11) is 0. The molecule has 3 rings (SSSR count). The second-order valence-corrected chi connectivity index (χ2v) is 5.93. The predicted molar refractivity (Wildman–Crippen MR) is 75.5 cm³/mol. The second kappa shape index (κ2) is 5.41. The van der Waals surface area contributed by atoms with Gasteiger partial charge in [-0.1, -0.05) is 36.8 Å². The number of hydrogen-bond acceptors (Lipinski definition) is 2. The van der Waals surface area contributed by atoms with Crippen molar-refractivity contribution in [3.8, 4) is 0 Å². The third-order valence-corrected chi connectivity index (χ3v) is 4.59. The van der Waals surface area contributed by atoms with Crippen LogP contribution in [-0.2, 0) is 6.54 Å². The van der Waals surface area contributed by atoms with Crippen molar-refractivity contribution >= 4 is 0 Å². The average molecular weight is 244 g/mol. The molecule has 1 heterocycles. The van der Waals surface area contributed by atoms with Gasteiger partial charge in [-0.05, 0) is 31.7 Å². The molecule has 1 saturated heterocycles. The van der Waals surface area contributed by atoms with Gasteiger partial charge in [0.25, 0.3) is 0 Å². The summed E-state index contributed by atoms with van der Waals surface area (Å²) in [6, 6.07) is 13.1. The van der Waals surface area contributed by atoms with Gasteiger partial charge in [-0.3, -0.25) is 4.90 Å². The van der Waals surface area contributed by atoms with Crippen molar-refractivity contribution in [2.24, 2.45) is 0 Å². The molecule has 2 aliphatic rings. The molecule has 18 heavy (non-hydrogen) atoms. The van der Waals surface area contributed by atoms with Crippen LogP contribution in [0.3, 0.4) is 0 Å². The van der Waals surface area contributed by atoms with Crippen LogP contribution < -0.4 is 5.32 Å². The van der Waals surface area contributed by atoms with Gasteiger partial charge in [0.2, 0.25) is 0 Å². The summed E-state index contributed by atoms with van der Waals surface area (Å²) in [5, 5.41) is 3.74. The van der Waals surface area contributed by atoms with E-state index in [1.807, 2.05) is 0 Å². The van der Waals surface area contributed by atoms with Gasteiger partial charge in [0.05, 0.1) is 0 Å². The number of rotatable bonds is 2. The molecule has 1 aliphatic carbocycles. The summed E-state index contributed by atoms with van der Waals surface area (Å²) in [6.45, 7) is 4.63. The molecule has 2 heteroatoms. The highest BCUT2D eigenvalue weighted by Gasteiger charge is 2.32. The molecule has 1 aromatic rings. The Balaban J connectivity index is 1.75. The highest BCUT2D eigenvalue weighted by molar-refractivity contribution is 5.15. The third-order valence-electron chi connectivity index (χ3n) is 4.59. The highest BCUT2D eigenvalue weighted by Crippen LogP contribution is 2.28. The lowest BCUT2D eigenvalue weighted by molar-refractivity contribution is 0.122. The summed E-state index contributed by atoms with van der Waals surface area (Å²) in [5.41, 5.74) is 1.45. The molecule has 2 fully saturated rings. The van der Waals surface area contributed by atoms with Crippen LogP contribution in [0, 0.1) is 0 Å². The van der Waals surface area contributed by atoms with Crippen molar-refractivity contribution in [3.05, 3.63) is 35.9 Å². The van der Waals surface area contributed by atoms with Gasteiger partial charge in [0.15, 0.2) is 0 Å². The molecule has 1 aromatic carbocycles. The standard InChI is InChI=1S/C16H24N2/c1-13-11-17-15-8-5-9-16(10-15)18(13)12-14-6-3-2-4-7-14/h2-4,6-7,13,15-17H,5,8-12H2,1H3. The number of fused-ring (bicyclic) bond motifs is 2. The van der Waals surface area contributed by atoms with E-state index in [4.69, 9.17) is 0 Å². The first-order valence-electron chi connectivity index (χ1n) is 7.36. The van der Waals surface area contributed by atoms with Crippen molar-refractivity contribution < 1.29 is 0 Å². The van der Waals surface area contributed by atoms with Gasteiger partial charge in [-0.2, -0.15) is 0 Å². The molecular formula is C16H24N2. The Morgan fingerprint density at radius 2 is 2.06 bits per heavy atom. The zero-order valence-corrected chi connectivity index (χ0v) is 11.3. The number of nitrogens with one attached hydrogen (secondary N) is 1. The minimum atomic E-state index is 0.651. The maximum absolute atomic E-state index is 3.74. The zero-order valence-electron chi connectivity index (χ0n) is 11.3. The monoisotopic (exact) mass is 244 g/mol. The van der Waals surface area contributed by atoms with Gasteiger partial charge in [0.1, 0.15) is 0 Å². The molecule has 1 N–H and O–H groups in total. The molecule has 1 aliphatic heterocycles. The van der Waals surface area contributed by atoms with Crippen LogP contribution in [-0.4, -0.2) is 29.6 Å². The summed E-state index contributed by atoms with van der Waals surface area (Å²) < 4.78 is 0. The van der Waals surface area contributed by atoms with Crippen LogP contribution >= 0.6 is 0 Å². The van der Waals surface area contributed by atoms with E-state index >= 15 is 0 Å². The van der Waals surface area contributed by atoms with E-state index < -0.39 is 0 Å². The molecule has 0 radical (unpaired) electrons. The van der Waals surface area contributed by atoms with Crippen LogP contribution in [0.4, 0.5) is 0 Å². The van der Waals surface area contributed by atoms with Gasteiger partial charge in [0, 0.05) is 31.2 Å². The number of hydrogen-bond donors (Lipinski definition) is 1. The number of benzene rings is 1. The summed E-state index contributed by atoms with van der Waals surface area (Å²) >= 11 is 0. The normalized spacial score (nSPS) is 33.1. The lowest BCUT2D eigenvalue weighted by Crippen LogP contribution is -2.42. The molecule has 98 valence electrons. The van der Waals surface area contributed by atoms with E-state index in [9.17, 15) is 0 Å². The van der Waals surface area contributed by atoms with Crippen molar-refractivity contribution in [1.82, 2.24) is 10.2 Å². The third kappa shape index (κ3) is 2.60. The fourth-order valence-corrected chi connectivity index (χ4v) is 3.54. The van der Waals surface area contributed by atoms with Crippen molar-refractivity contribution in [2.45, 2.75) is 57.3 Å². The average Bonchev–Trinajstić information content (AvgIpc) is 2.52. The Bertz CT molecular complexity index is 376. The smallest absolute Gasteiger partial charge is 0.0240 e. The summed E-state index contributed by atoms with van der Waals surface area (Å²) in [6.07, 6.45) is 5.50. The Hall–Kier alpha value is -0.860. The van der Waals surface area contributed by atoms with Crippen molar-refractivity contribution in [2.75, 3.05) is 6.54 Å². The molecule has 0 spiro atoms. The molecule has 1 saturated carbocycles. The van der Waals surface area contributed by atoms with E-state index in [2.05, 4.69) is 47.5 Å². The van der Waals surface area contributed by atoms with Gasteiger partial charge >= 0.3 is 0 Å². The summed E-state index contributed by atoms with van der Waals surface area (Å²) in [5.74, 6) is 0. The first-order valence-corrected chi connectivity index (χ1v) is 7.36. The Morgan fingerprint density at radius 3 is 2.89 bits per heavy atom. The minimum Gasteiger partial charge on any atom is -0.312 e. The molecule has 2 nitrogen and oxygen atoms in total. The van der Waals surface area contributed by atoms with Gasteiger partial charge < -0.3 is 5.32 Å². The van der Waals surface area contributed by atoms with Gasteiger partial charge in [-0.25, -0.2) is 0 Å². The first-order chi connectivity index (χ1) is 8.83. The molecule has 3 unspecified atom stereocenters. The fraction of sp³-hybridized carbons (Fsp3) is 0.625. The van der Waals surface area contributed by atoms with Crippen LogP contribution in [0.5, 0.6) is 0 Å². The topological polar surface area (TPSA) is 15.3 Å². The second-order valence-electron chi connectivity index (χ2n) is 5.93. The Labute approximate surface area is 110 Å². The van der Waals surface area contributed by atoms with E-state index in [1.54, 1.807) is 0 Å². The van der Waals surface area contributed by atoms with E-state index in [-0.39, 0.29) is 0 Å². The zero-order chi connectivity index (χ0) is 12.4. The molecule has 0 aromatic heterocycles.